The Morgan fingerprint density at radius 3 is 2.06 bits per heavy atom. The fourth-order valence-corrected chi connectivity index (χ4v) is 3.61. The second-order valence-electron chi connectivity index (χ2n) is 7.48. The maximum absolute atomic E-state index is 12.8. The van der Waals surface area contributed by atoms with Gasteiger partial charge in [-0.15, -0.1) is 0 Å². The maximum atomic E-state index is 12.8. The summed E-state index contributed by atoms with van der Waals surface area (Å²) in [5.41, 5.74) is 0. The van der Waals surface area contributed by atoms with Gasteiger partial charge in [0.05, 0.1) is 12.5 Å². The molecule has 4 atom stereocenters. The van der Waals surface area contributed by atoms with E-state index >= 15 is 0 Å². The minimum absolute atomic E-state index is 0.0850. The van der Waals surface area contributed by atoms with Crippen molar-refractivity contribution in [2.75, 3.05) is 18.6 Å². The Labute approximate surface area is 194 Å². The van der Waals surface area contributed by atoms with Crippen LogP contribution in [-0.2, 0) is 28.8 Å². The average molecular weight is 491 g/mol. The second-order valence-corrected chi connectivity index (χ2v) is 8.47. The van der Waals surface area contributed by atoms with Gasteiger partial charge < -0.3 is 36.6 Å². The van der Waals surface area contributed by atoms with Crippen molar-refractivity contribution in [3.63, 3.8) is 0 Å². The Bertz CT molecular complexity index is 743. The van der Waals surface area contributed by atoms with E-state index in [9.17, 15) is 33.9 Å². The maximum Gasteiger partial charge on any atom is 0.326 e. The molecule has 0 aromatic carbocycles. The van der Waals surface area contributed by atoms with Gasteiger partial charge in [-0.25, -0.2) is 4.79 Å². The number of amides is 3. The molecule has 14 heteroatoms. The Kier molecular flexibility index (Phi) is 12.2. The molecule has 1 saturated heterocycles. The van der Waals surface area contributed by atoms with Crippen LogP contribution in [0.3, 0.4) is 0 Å². The second kappa shape index (κ2) is 14.3. The first-order valence-electron chi connectivity index (χ1n) is 10.3. The zero-order valence-corrected chi connectivity index (χ0v) is 19.0. The molecule has 0 spiro atoms. The van der Waals surface area contributed by atoms with Crippen LogP contribution in [0.4, 0.5) is 0 Å². The Morgan fingerprint density at radius 1 is 0.909 bits per heavy atom. The van der Waals surface area contributed by atoms with Crippen molar-refractivity contribution in [1.29, 1.82) is 0 Å². The number of thioether (sulfide) groups is 1. The summed E-state index contributed by atoms with van der Waals surface area (Å²) in [6.45, 7) is 0.617. The van der Waals surface area contributed by atoms with Gasteiger partial charge in [-0.1, -0.05) is 0 Å². The highest BCUT2D eigenvalue weighted by Gasteiger charge is 2.32. The third-order valence-corrected chi connectivity index (χ3v) is 5.54. The van der Waals surface area contributed by atoms with Crippen LogP contribution in [0.25, 0.3) is 0 Å². The number of carbonyl (C=O) groups excluding carboxylic acids is 3. The number of hydrogen-bond donors (Lipinski definition) is 7. The minimum atomic E-state index is -1.63. The van der Waals surface area contributed by atoms with Crippen molar-refractivity contribution in [2.45, 2.75) is 62.7 Å². The zero-order chi connectivity index (χ0) is 25.0. The van der Waals surface area contributed by atoms with Crippen molar-refractivity contribution in [3.8, 4) is 0 Å². The molecular formula is C19H30N4O9S. The SMILES string of the molecule is CSCCC(NC(=O)C(CC(=O)O)NC(=O)C(CCC(=O)O)NC(=O)C1CCCN1)C(=O)O. The predicted molar refractivity (Wildman–Crippen MR) is 117 cm³/mol. The number of hydrogen-bond acceptors (Lipinski definition) is 8. The van der Waals surface area contributed by atoms with E-state index in [4.69, 9.17) is 10.2 Å². The standard InChI is InChI=1S/C19H30N4O9S/c1-33-8-6-12(19(31)32)22-18(30)13(9-15(26)27)23-17(29)11(4-5-14(24)25)21-16(28)10-3-2-7-20-10/h10-13,20H,2-9H2,1H3,(H,21,28)(H,22,30)(H,23,29)(H,24,25)(H,26,27)(H,31,32). The number of nitrogens with one attached hydrogen (secondary N) is 4. The number of rotatable bonds is 15. The third-order valence-electron chi connectivity index (χ3n) is 4.89. The van der Waals surface area contributed by atoms with Crippen molar-refractivity contribution >= 4 is 47.4 Å². The first-order valence-corrected chi connectivity index (χ1v) is 11.7. The fourth-order valence-electron chi connectivity index (χ4n) is 3.14. The molecule has 0 aromatic heterocycles. The van der Waals surface area contributed by atoms with Crippen molar-refractivity contribution in [2.24, 2.45) is 0 Å². The van der Waals surface area contributed by atoms with Gasteiger partial charge in [0, 0.05) is 6.42 Å². The van der Waals surface area contributed by atoms with Crippen molar-refractivity contribution in [1.82, 2.24) is 21.3 Å². The summed E-state index contributed by atoms with van der Waals surface area (Å²) in [4.78, 5) is 71.3. The van der Waals surface area contributed by atoms with Gasteiger partial charge in [-0.3, -0.25) is 24.0 Å². The highest BCUT2D eigenvalue weighted by Crippen LogP contribution is 2.08. The number of carboxylic acid groups (broad SMARTS) is 3. The summed E-state index contributed by atoms with van der Waals surface area (Å²) in [6.07, 6.45) is 1.55. The summed E-state index contributed by atoms with van der Waals surface area (Å²) in [7, 11) is 0. The zero-order valence-electron chi connectivity index (χ0n) is 18.2. The van der Waals surface area contributed by atoms with Crippen LogP contribution in [0.2, 0.25) is 0 Å². The molecule has 3 amide bonds. The predicted octanol–water partition coefficient (Wildman–Crippen LogP) is -1.63. The highest BCUT2D eigenvalue weighted by molar-refractivity contribution is 7.98. The molecule has 0 saturated carbocycles. The summed E-state index contributed by atoms with van der Waals surface area (Å²) in [5.74, 6) is -5.99. The van der Waals surface area contributed by atoms with Crippen LogP contribution >= 0.6 is 11.8 Å². The van der Waals surface area contributed by atoms with Gasteiger partial charge >= 0.3 is 17.9 Å². The smallest absolute Gasteiger partial charge is 0.326 e. The molecule has 0 aliphatic carbocycles. The molecule has 1 heterocycles. The van der Waals surface area contributed by atoms with Crippen molar-refractivity contribution < 1.29 is 44.1 Å². The van der Waals surface area contributed by atoms with Gasteiger partial charge in [0.25, 0.3) is 0 Å². The first-order chi connectivity index (χ1) is 15.5. The van der Waals surface area contributed by atoms with Crippen molar-refractivity contribution in [3.05, 3.63) is 0 Å². The molecule has 4 unspecified atom stereocenters. The molecule has 0 aromatic rings. The highest BCUT2D eigenvalue weighted by atomic mass is 32.2. The molecule has 1 aliphatic heterocycles. The molecule has 7 N–H and O–H groups in total. The monoisotopic (exact) mass is 490 g/mol. The lowest BCUT2D eigenvalue weighted by molar-refractivity contribution is -0.143. The molecule has 186 valence electrons. The van der Waals surface area contributed by atoms with E-state index in [1.807, 2.05) is 0 Å². The summed E-state index contributed by atoms with van der Waals surface area (Å²) in [6, 6.07) is -4.78. The number of carbonyl (C=O) groups is 6. The number of carboxylic acids is 3. The lowest BCUT2D eigenvalue weighted by Gasteiger charge is -2.24. The fraction of sp³-hybridized carbons (Fsp3) is 0.684. The molecule has 1 aliphatic rings. The van der Waals surface area contributed by atoms with Gasteiger partial charge in [-0.05, 0) is 44.2 Å². The van der Waals surface area contributed by atoms with E-state index in [0.29, 0.717) is 18.7 Å². The average Bonchev–Trinajstić information content (AvgIpc) is 3.27. The van der Waals surface area contributed by atoms with Gasteiger partial charge in [0.15, 0.2) is 0 Å². The van der Waals surface area contributed by atoms with Gasteiger partial charge in [-0.2, -0.15) is 11.8 Å². The van der Waals surface area contributed by atoms with Crippen LogP contribution < -0.4 is 21.3 Å². The minimum Gasteiger partial charge on any atom is -0.481 e. The Hall–Kier alpha value is -2.87. The van der Waals surface area contributed by atoms with Crippen LogP contribution in [0.15, 0.2) is 0 Å². The lowest BCUT2D eigenvalue weighted by Crippen LogP contribution is -2.57. The van der Waals surface area contributed by atoms with E-state index in [1.165, 1.54) is 11.8 Å². The lowest BCUT2D eigenvalue weighted by atomic mass is 10.1. The summed E-state index contributed by atoms with van der Waals surface area (Å²) in [5, 5.41) is 37.2. The van der Waals surface area contributed by atoms with Gasteiger partial charge in [0.1, 0.15) is 18.1 Å². The van der Waals surface area contributed by atoms with E-state index in [-0.39, 0.29) is 12.8 Å². The molecule has 33 heavy (non-hydrogen) atoms. The summed E-state index contributed by atoms with van der Waals surface area (Å²) < 4.78 is 0. The Morgan fingerprint density at radius 2 is 1.55 bits per heavy atom. The van der Waals surface area contributed by atoms with E-state index < -0.39 is 72.6 Å². The van der Waals surface area contributed by atoms with Crippen LogP contribution in [-0.4, -0.2) is 93.7 Å². The summed E-state index contributed by atoms with van der Waals surface area (Å²) >= 11 is 1.36. The molecular weight excluding hydrogens is 460 g/mol. The first kappa shape index (κ1) is 28.2. The normalized spacial score (nSPS) is 17.9. The molecule has 0 radical (unpaired) electrons. The van der Waals surface area contributed by atoms with Crippen LogP contribution in [0.5, 0.6) is 0 Å². The topological polar surface area (TPSA) is 211 Å². The number of aliphatic carboxylic acids is 3. The quantitative estimate of drug-likeness (QED) is 0.138. The van der Waals surface area contributed by atoms with Gasteiger partial charge in [0.2, 0.25) is 17.7 Å². The van der Waals surface area contributed by atoms with E-state index in [1.54, 1.807) is 6.26 Å². The van der Waals surface area contributed by atoms with E-state index in [2.05, 4.69) is 21.3 Å². The van der Waals surface area contributed by atoms with Crippen LogP contribution in [0.1, 0.15) is 38.5 Å². The van der Waals surface area contributed by atoms with E-state index in [0.717, 1.165) is 6.42 Å². The van der Waals surface area contributed by atoms with Crippen LogP contribution in [0, 0.1) is 0 Å². The molecule has 1 fully saturated rings. The Balaban J connectivity index is 2.93. The largest absolute Gasteiger partial charge is 0.481 e. The molecule has 1 rings (SSSR count). The molecule has 13 nitrogen and oxygen atoms in total. The third kappa shape index (κ3) is 10.5. The molecule has 0 bridgehead atoms.